The van der Waals surface area contributed by atoms with Gasteiger partial charge < -0.3 is 0 Å². The van der Waals surface area contributed by atoms with E-state index in [9.17, 15) is 16.8 Å². The Morgan fingerprint density at radius 3 is 2.12 bits per heavy atom. The first kappa shape index (κ1) is 19.4. The Morgan fingerprint density at radius 1 is 0.958 bits per heavy atom. The minimum atomic E-state index is -3.59. The van der Waals surface area contributed by atoms with Crippen LogP contribution in [0.25, 0.3) is 0 Å². The molecule has 0 radical (unpaired) electrons. The molecule has 1 aromatic rings. The number of sulfonamides is 2. The zero-order valence-corrected chi connectivity index (χ0v) is 16.2. The molecular weight excluding hydrogens is 348 g/mol. The van der Waals surface area contributed by atoms with Crippen LogP contribution < -0.4 is 0 Å². The van der Waals surface area contributed by atoms with Crippen LogP contribution in [0.15, 0.2) is 23.1 Å². The fourth-order valence-electron chi connectivity index (χ4n) is 2.77. The number of nitrogens with zero attached hydrogens (tertiary/aromatic N) is 2. The maximum absolute atomic E-state index is 12.8. The monoisotopic (exact) mass is 374 g/mol. The van der Waals surface area contributed by atoms with Gasteiger partial charge in [-0.25, -0.2) is 16.8 Å². The second kappa shape index (κ2) is 7.51. The summed E-state index contributed by atoms with van der Waals surface area (Å²) in [7, 11) is -6.87. The standard InChI is InChI=1S/C16H26N2O4S2/c1-4-5-12-23(19,20)17-8-10-18(11-9-17)24(21,22)16-13-14(2)6-7-15(16)3/h6-7,13H,4-5,8-12H2,1-3H3. The van der Waals surface area contributed by atoms with Crippen molar-refractivity contribution in [1.82, 2.24) is 8.61 Å². The lowest BCUT2D eigenvalue weighted by atomic mass is 10.2. The molecule has 1 aliphatic heterocycles. The van der Waals surface area contributed by atoms with E-state index in [4.69, 9.17) is 0 Å². The highest BCUT2D eigenvalue weighted by atomic mass is 32.2. The number of hydrogen-bond acceptors (Lipinski definition) is 4. The molecule has 1 fully saturated rings. The van der Waals surface area contributed by atoms with Crippen LogP contribution in [0, 0.1) is 13.8 Å². The fraction of sp³-hybridized carbons (Fsp3) is 0.625. The van der Waals surface area contributed by atoms with E-state index in [1.165, 1.54) is 8.61 Å². The molecule has 0 saturated carbocycles. The highest BCUT2D eigenvalue weighted by molar-refractivity contribution is 7.89. The van der Waals surface area contributed by atoms with Gasteiger partial charge in [0.25, 0.3) is 0 Å². The molecule has 0 amide bonds. The third kappa shape index (κ3) is 4.17. The Balaban J connectivity index is 2.13. The summed E-state index contributed by atoms with van der Waals surface area (Å²) in [5.41, 5.74) is 1.60. The topological polar surface area (TPSA) is 74.8 Å². The van der Waals surface area contributed by atoms with Crippen LogP contribution in [-0.2, 0) is 20.0 Å². The van der Waals surface area contributed by atoms with Gasteiger partial charge in [0.1, 0.15) is 0 Å². The number of benzene rings is 1. The van der Waals surface area contributed by atoms with Crippen LogP contribution in [0.1, 0.15) is 30.9 Å². The number of piperazine rings is 1. The molecule has 8 heteroatoms. The molecule has 1 heterocycles. The summed E-state index contributed by atoms with van der Waals surface area (Å²) in [6.07, 6.45) is 1.45. The molecule has 6 nitrogen and oxygen atoms in total. The zero-order valence-electron chi connectivity index (χ0n) is 14.5. The Bertz CT molecular complexity index is 780. The van der Waals surface area contributed by atoms with Crippen molar-refractivity contribution in [2.24, 2.45) is 0 Å². The summed E-state index contributed by atoms with van der Waals surface area (Å²) in [5.74, 6) is 0.132. The number of rotatable bonds is 6. The van der Waals surface area contributed by atoms with E-state index in [1.54, 1.807) is 19.1 Å². The van der Waals surface area contributed by atoms with Crippen LogP contribution in [-0.4, -0.2) is 57.4 Å². The van der Waals surface area contributed by atoms with Crippen LogP contribution in [0.2, 0.25) is 0 Å². The van der Waals surface area contributed by atoms with Crippen molar-refractivity contribution < 1.29 is 16.8 Å². The Morgan fingerprint density at radius 2 is 1.54 bits per heavy atom. The first-order chi connectivity index (χ1) is 11.2. The van der Waals surface area contributed by atoms with Gasteiger partial charge in [0.05, 0.1) is 10.6 Å². The lowest BCUT2D eigenvalue weighted by Gasteiger charge is -2.33. The minimum Gasteiger partial charge on any atom is -0.212 e. The SMILES string of the molecule is CCCCS(=O)(=O)N1CCN(S(=O)(=O)c2cc(C)ccc2C)CC1. The normalized spacial score (nSPS) is 18.0. The molecule has 0 unspecified atom stereocenters. The van der Waals surface area contributed by atoms with Gasteiger partial charge >= 0.3 is 0 Å². The fourth-order valence-corrected chi connectivity index (χ4v) is 6.13. The van der Waals surface area contributed by atoms with Crippen LogP contribution in [0.4, 0.5) is 0 Å². The Labute approximate surface area is 145 Å². The van der Waals surface area contributed by atoms with Crippen molar-refractivity contribution in [3.05, 3.63) is 29.3 Å². The van der Waals surface area contributed by atoms with Crippen molar-refractivity contribution in [2.45, 2.75) is 38.5 Å². The van der Waals surface area contributed by atoms with Crippen molar-refractivity contribution in [1.29, 1.82) is 0 Å². The third-order valence-electron chi connectivity index (χ3n) is 4.31. The first-order valence-corrected chi connectivity index (χ1v) is 11.3. The van der Waals surface area contributed by atoms with Gasteiger partial charge in [-0.05, 0) is 37.5 Å². The smallest absolute Gasteiger partial charge is 0.212 e. The lowest BCUT2D eigenvalue weighted by molar-refractivity contribution is 0.272. The molecule has 24 heavy (non-hydrogen) atoms. The van der Waals surface area contributed by atoms with Gasteiger partial charge in [-0.2, -0.15) is 8.61 Å². The van der Waals surface area contributed by atoms with Gasteiger partial charge in [-0.1, -0.05) is 25.5 Å². The molecule has 0 bridgehead atoms. The Hall–Kier alpha value is -0.960. The highest BCUT2D eigenvalue weighted by Crippen LogP contribution is 2.23. The van der Waals surface area contributed by atoms with Gasteiger partial charge in [0, 0.05) is 26.2 Å². The van der Waals surface area contributed by atoms with Crippen molar-refractivity contribution in [3.63, 3.8) is 0 Å². The summed E-state index contributed by atoms with van der Waals surface area (Å²) in [5, 5.41) is 0. The van der Waals surface area contributed by atoms with Crippen LogP contribution in [0.3, 0.4) is 0 Å². The van der Waals surface area contributed by atoms with Crippen molar-refractivity contribution in [2.75, 3.05) is 31.9 Å². The summed E-state index contributed by atoms with van der Waals surface area (Å²) in [6, 6.07) is 5.36. The molecule has 2 rings (SSSR count). The van der Waals surface area contributed by atoms with E-state index in [2.05, 4.69) is 0 Å². The van der Waals surface area contributed by atoms with Gasteiger partial charge in [0.2, 0.25) is 20.0 Å². The van der Waals surface area contributed by atoms with Crippen LogP contribution in [0.5, 0.6) is 0 Å². The van der Waals surface area contributed by atoms with E-state index < -0.39 is 20.0 Å². The lowest BCUT2D eigenvalue weighted by Crippen LogP contribution is -2.51. The zero-order chi connectivity index (χ0) is 18.0. The molecule has 1 aromatic carbocycles. The number of hydrogen-bond donors (Lipinski definition) is 0. The van der Waals surface area contributed by atoms with Gasteiger partial charge in [0.15, 0.2) is 0 Å². The van der Waals surface area contributed by atoms with E-state index >= 15 is 0 Å². The maximum atomic E-state index is 12.8. The average Bonchev–Trinajstić information content (AvgIpc) is 2.55. The molecule has 0 aliphatic carbocycles. The predicted molar refractivity (Wildman–Crippen MR) is 94.9 cm³/mol. The molecule has 136 valence electrons. The van der Waals surface area contributed by atoms with E-state index in [0.29, 0.717) is 16.9 Å². The molecule has 1 aliphatic rings. The molecule has 0 atom stereocenters. The average molecular weight is 375 g/mol. The second-order valence-corrected chi connectivity index (χ2v) is 10.2. The highest BCUT2D eigenvalue weighted by Gasteiger charge is 2.33. The molecule has 0 aromatic heterocycles. The summed E-state index contributed by atoms with van der Waals surface area (Å²) >= 11 is 0. The molecule has 0 spiro atoms. The largest absolute Gasteiger partial charge is 0.243 e. The summed E-state index contributed by atoms with van der Waals surface area (Å²) < 4.78 is 53.0. The molecule has 1 saturated heterocycles. The second-order valence-electron chi connectivity index (χ2n) is 6.24. The predicted octanol–water partition coefficient (Wildman–Crippen LogP) is 1.74. The van der Waals surface area contributed by atoms with Crippen molar-refractivity contribution >= 4 is 20.0 Å². The first-order valence-electron chi connectivity index (χ1n) is 8.23. The number of unbranched alkanes of at least 4 members (excludes halogenated alkanes) is 1. The minimum absolute atomic E-state index is 0.132. The summed E-state index contributed by atoms with van der Waals surface area (Å²) in [6.45, 7) is 6.41. The third-order valence-corrected chi connectivity index (χ3v) is 8.31. The Kier molecular flexibility index (Phi) is 6.06. The maximum Gasteiger partial charge on any atom is 0.243 e. The van der Waals surface area contributed by atoms with E-state index in [1.807, 2.05) is 19.9 Å². The van der Waals surface area contributed by atoms with Crippen molar-refractivity contribution in [3.8, 4) is 0 Å². The van der Waals surface area contributed by atoms with E-state index in [-0.39, 0.29) is 31.9 Å². The molecular formula is C16H26N2O4S2. The van der Waals surface area contributed by atoms with E-state index in [0.717, 1.165) is 12.0 Å². The van der Waals surface area contributed by atoms with Crippen LogP contribution >= 0.6 is 0 Å². The van der Waals surface area contributed by atoms with Gasteiger partial charge in [-0.15, -0.1) is 0 Å². The number of aryl methyl sites for hydroxylation is 2. The molecule has 0 N–H and O–H groups in total. The van der Waals surface area contributed by atoms with Gasteiger partial charge in [-0.3, -0.25) is 0 Å². The quantitative estimate of drug-likeness (QED) is 0.760. The summed E-state index contributed by atoms with van der Waals surface area (Å²) in [4.78, 5) is 0.310.